The number of hydrogen-bond donors (Lipinski definition) is 2. The number of pyridine rings is 1. The van der Waals surface area contributed by atoms with Crippen molar-refractivity contribution in [1.82, 2.24) is 4.98 Å². The lowest BCUT2D eigenvalue weighted by Crippen LogP contribution is -2.56. The number of primary amides is 1. The largest absolute Gasteiger partial charge is 0.480 e. The highest BCUT2D eigenvalue weighted by molar-refractivity contribution is 6.00. The highest BCUT2D eigenvalue weighted by Crippen LogP contribution is 2.35. The smallest absolute Gasteiger partial charge is 0.329 e. The number of piperidine rings is 1. The van der Waals surface area contributed by atoms with Gasteiger partial charge in [0.25, 0.3) is 5.91 Å². The molecule has 1 fully saturated rings. The van der Waals surface area contributed by atoms with Crippen molar-refractivity contribution >= 4 is 17.7 Å². The van der Waals surface area contributed by atoms with Crippen molar-refractivity contribution in [2.75, 3.05) is 11.4 Å². The zero-order chi connectivity index (χ0) is 15.8. The molecular weight excluding hydrogens is 270 g/mol. The van der Waals surface area contributed by atoms with E-state index in [1.165, 1.54) is 0 Å². The van der Waals surface area contributed by atoms with Crippen LogP contribution in [0.3, 0.4) is 0 Å². The molecule has 0 bridgehead atoms. The molecule has 6 nitrogen and oxygen atoms in total. The standard InChI is InChI=1S/C15H21N3O3/c1-9-8-10(2)17-13(11(9)12(16)19)18-7-5-4-6-15(18,3)14(20)21/h8H,4-7H2,1-3H3,(H2,16,19)(H,20,21). The Bertz CT molecular complexity index is 600. The molecule has 6 heteroatoms. The first-order chi connectivity index (χ1) is 9.77. The van der Waals surface area contributed by atoms with Crippen LogP contribution in [-0.4, -0.2) is 34.1 Å². The number of anilines is 1. The van der Waals surface area contributed by atoms with Gasteiger partial charge in [0.15, 0.2) is 0 Å². The molecule has 1 aromatic heterocycles. The number of hydrogen-bond acceptors (Lipinski definition) is 4. The molecule has 1 unspecified atom stereocenters. The van der Waals surface area contributed by atoms with E-state index in [1.54, 1.807) is 24.8 Å². The van der Waals surface area contributed by atoms with Crippen LogP contribution >= 0.6 is 0 Å². The number of amides is 1. The first-order valence-corrected chi connectivity index (χ1v) is 7.06. The molecule has 0 saturated carbocycles. The molecule has 1 aromatic rings. The fourth-order valence-corrected chi connectivity index (χ4v) is 3.00. The first-order valence-electron chi connectivity index (χ1n) is 7.06. The summed E-state index contributed by atoms with van der Waals surface area (Å²) in [4.78, 5) is 29.7. The highest BCUT2D eigenvalue weighted by atomic mass is 16.4. The van der Waals surface area contributed by atoms with E-state index in [0.29, 0.717) is 24.3 Å². The topological polar surface area (TPSA) is 96.5 Å². The third kappa shape index (κ3) is 2.57. The van der Waals surface area contributed by atoms with Gasteiger partial charge in [-0.05, 0) is 51.7 Å². The molecule has 1 aliphatic rings. The van der Waals surface area contributed by atoms with Gasteiger partial charge in [0.2, 0.25) is 0 Å². The Labute approximate surface area is 124 Å². The summed E-state index contributed by atoms with van der Waals surface area (Å²) in [6.45, 7) is 5.85. The van der Waals surface area contributed by atoms with Crippen LogP contribution < -0.4 is 10.6 Å². The minimum Gasteiger partial charge on any atom is -0.480 e. The predicted molar refractivity (Wildman–Crippen MR) is 79.5 cm³/mol. The Morgan fingerprint density at radius 2 is 2.05 bits per heavy atom. The lowest BCUT2D eigenvalue weighted by atomic mass is 9.87. The summed E-state index contributed by atoms with van der Waals surface area (Å²) in [6.07, 6.45) is 2.24. The van der Waals surface area contributed by atoms with Gasteiger partial charge in [-0.25, -0.2) is 9.78 Å². The summed E-state index contributed by atoms with van der Waals surface area (Å²) in [5.74, 6) is -1.09. The van der Waals surface area contributed by atoms with Gasteiger partial charge < -0.3 is 15.7 Å². The number of aryl methyl sites for hydroxylation is 2. The summed E-state index contributed by atoms with van der Waals surface area (Å²) in [6, 6.07) is 1.78. The molecule has 0 spiro atoms. The average molecular weight is 291 g/mol. The van der Waals surface area contributed by atoms with Crippen molar-refractivity contribution in [2.45, 2.75) is 45.6 Å². The summed E-state index contributed by atoms with van der Waals surface area (Å²) >= 11 is 0. The number of rotatable bonds is 3. The molecule has 0 radical (unpaired) electrons. The second kappa shape index (κ2) is 5.35. The van der Waals surface area contributed by atoms with Crippen molar-refractivity contribution in [3.63, 3.8) is 0 Å². The summed E-state index contributed by atoms with van der Waals surface area (Å²) in [5, 5.41) is 9.61. The van der Waals surface area contributed by atoms with E-state index in [1.807, 2.05) is 6.92 Å². The van der Waals surface area contributed by atoms with E-state index >= 15 is 0 Å². The number of aromatic nitrogens is 1. The van der Waals surface area contributed by atoms with E-state index in [4.69, 9.17) is 5.73 Å². The summed E-state index contributed by atoms with van der Waals surface area (Å²) in [7, 11) is 0. The van der Waals surface area contributed by atoms with Gasteiger partial charge >= 0.3 is 5.97 Å². The van der Waals surface area contributed by atoms with Crippen LogP contribution in [0.5, 0.6) is 0 Å². The molecule has 21 heavy (non-hydrogen) atoms. The Morgan fingerprint density at radius 1 is 1.38 bits per heavy atom. The fourth-order valence-electron chi connectivity index (χ4n) is 3.00. The molecule has 114 valence electrons. The first kappa shape index (κ1) is 15.3. The van der Waals surface area contributed by atoms with Gasteiger partial charge in [-0.3, -0.25) is 4.79 Å². The Hall–Kier alpha value is -2.11. The van der Waals surface area contributed by atoms with E-state index in [0.717, 1.165) is 24.1 Å². The minimum atomic E-state index is -1.06. The number of carboxylic acids is 1. The second-order valence-corrected chi connectivity index (χ2v) is 5.83. The maximum absolute atomic E-state index is 11.8. The van der Waals surface area contributed by atoms with E-state index < -0.39 is 17.4 Å². The Balaban J connectivity index is 2.63. The van der Waals surface area contributed by atoms with Crippen molar-refractivity contribution < 1.29 is 14.7 Å². The maximum Gasteiger partial charge on any atom is 0.329 e. The van der Waals surface area contributed by atoms with E-state index in [-0.39, 0.29) is 0 Å². The van der Waals surface area contributed by atoms with Gasteiger partial charge in [0.1, 0.15) is 11.4 Å². The quantitative estimate of drug-likeness (QED) is 0.882. The summed E-state index contributed by atoms with van der Waals surface area (Å²) < 4.78 is 0. The maximum atomic E-state index is 11.8. The van der Waals surface area contributed by atoms with Gasteiger partial charge in [0, 0.05) is 12.2 Å². The number of nitrogens with two attached hydrogens (primary N) is 1. The molecule has 0 aromatic carbocycles. The van der Waals surface area contributed by atoms with Crippen molar-refractivity contribution in [1.29, 1.82) is 0 Å². The SMILES string of the molecule is Cc1cc(C)c(C(N)=O)c(N2CCCCC2(C)C(=O)O)n1. The van der Waals surface area contributed by atoms with E-state index in [2.05, 4.69) is 4.98 Å². The predicted octanol–water partition coefficient (Wildman–Crippen LogP) is 1.63. The third-order valence-electron chi connectivity index (χ3n) is 4.18. The van der Waals surface area contributed by atoms with Gasteiger partial charge in [-0.1, -0.05) is 0 Å². The number of carboxylic acid groups (broad SMARTS) is 1. The van der Waals surface area contributed by atoms with Gasteiger partial charge in [-0.15, -0.1) is 0 Å². The van der Waals surface area contributed by atoms with E-state index in [9.17, 15) is 14.7 Å². The molecular formula is C15H21N3O3. The molecule has 1 atom stereocenters. The van der Waals surface area contributed by atoms with Crippen molar-refractivity contribution in [2.24, 2.45) is 5.73 Å². The fraction of sp³-hybridized carbons (Fsp3) is 0.533. The van der Waals surface area contributed by atoms with Crippen molar-refractivity contribution in [3.05, 3.63) is 22.9 Å². The Morgan fingerprint density at radius 3 is 2.62 bits per heavy atom. The number of carbonyl (C=O) groups is 2. The number of carbonyl (C=O) groups excluding carboxylic acids is 1. The van der Waals surface area contributed by atoms with Gasteiger partial charge in [-0.2, -0.15) is 0 Å². The molecule has 2 rings (SSSR count). The van der Waals surface area contributed by atoms with Gasteiger partial charge in [0.05, 0.1) is 5.56 Å². The van der Waals surface area contributed by atoms with Crippen LogP contribution in [0.25, 0.3) is 0 Å². The molecule has 1 saturated heterocycles. The number of aliphatic carboxylic acids is 1. The lowest BCUT2D eigenvalue weighted by molar-refractivity contribution is -0.143. The zero-order valence-electron chi connectivity index (χ0n) is 12.6. The van der Waals surface area contributed by atoms with Crippen LogP contribution in [-0.2, 0) is 4.79 Å². The van der Waals surface area contributed by atoms with Crippen LogP contribution in [0, 0.1) is 13.8 Å². The normalized spacial score (nSPS) is 22.1. The third-order valence-corrected chi connectivity index (χ3v) is 4.18. The molecule has 3 N–H and O–H groups in total. The zero-order valence-corrected chi connectivity index (χ0v) is 12.6. The summed E-state index contributed by atoms with van der Waals surface area (Å²) in [5.41, 5.74) is 6.21. The van der Waals surface area contributed by atoms with Crippen LogP contribution in [0.4, 0.5) is 5.82 Å². The molecule has 1 amide bonds. The van der Waals surface area contributed by atoms with Crippen LogP contribution in [0.1, 0.15) is 47.8 Å². The van der Waals surface area contributed by atoms with Crippen LogP contribution in [0.15, 0.2) is 6.07 Å². The minimum absolute atomic E-state index is 0.315. The average Bonchev–Trinajstić information content (AvgIpc) is 2.37. The highest BCUT2D eigenvalue weighted by Gasteiger charge is 2.43. The molecule has 1 aliphatic heterocycles. The second-order valence-electron chi connectivity index (χ2n) is 5.83. The Kier molecular flexibility index (Phi) is 3.89. The number of nitrogens with zero attached hydrogens (tertiary/aromatic N) is 2. The lowest BCUT2D eigenvalue weighted by Gasteiger charge is -2.43. The van der Waals surface area contributed by atoms with Crippen molar-refractivity contribution in [3.8, 4) is 0 Å². The molecule has 2 heterocycles. The molecule has 0 aliphatic carbocycles. The van der Waals surface area contributed by atoms with Crippen LogP contribution in [0.2, 0.25) is 0 Å². The monoisotopic (exact) mass is 291 g/mol.